The zero-order valence-electron chi connectivity index (χ0n) is 10.2. The summed E-state index contributed by atoms with van der Waals surface area (Å²) in [5, 5.41) is 3.86. The highest BCUT2D eigenvalue weighted by Crippen LogP contribution is 2.28. The van der Waals surface area contributed by atoms with Gasteiger partial charge in [-0.1, -0.05) is 39.8 Å². The number of rotatable bonds is 4. The second kappa shape index (κ2) is 6.03. The van der Waals surface area contributed by atoms with Crippen LogP contribution in [0.2, 0.25) is 0 Å². The molecule has 0 spiro atoms. The molecule has 0 aliphatic heterocycles. The van der Waals surface area contributed by atoms with Gasteiger partial charge < -0.3 is 0 Å². The van der Waals surface area contributed by atoms with Crippen molar-refractivity contribution in [2.45, 2.75) is 5.03 Å². The molecule has 3 rings (SSSR count). The van der Waals surface area contributed by atoms with Crippen molar-refractivity contribution < 1.29 is 4.79 Å². The van der Waals surface area contributed by atoms with E-state index in [4.69, 9.17) is 0 Å². The van der Waals surface area contributed by atoms with Crippen LogP contribution in [0.4, 0.5) is 0 Å². The van der Waals surface area contributed by atoms with Gasteiger partial charge in [0.2, 0.25) is 0 Å². The van der Waals surface area contributed by atoms with Gasteiger partial charge in [-0.05, 0) is 23.6 Å². The summed E-state index contributed by atoms with van der Waals surface area (Å²) < 4.78 is 0.913. The second-order valence-corrected chi connectivity index (χ2v) is 6.81. The normalized spacial score (nSPS) is 10.8. The molecular formula is C14H9BrN2OS2. The molecule has 0 amide bonds. The van der Waals surface area contributed by atoms with Crippen molar-refractivity contribution in [2.75, 3.05) is 5.75 Å². The average molecular weight is 365 g/mol. The monoisotopic (exact) mass is 364 g/mol. The number of nitrogens with zero attached hydrogens (tertiary/aromatic N) is 2. The number of aromatic nitrogens is 2. The first-order valence-corrected chi connectivity index (χ1v) is 8.49. The van der Waals surface area contributed by atoms with E-state index in [2.05, 4.69) is 25.9 Å². The third-order valence-electron chi connectivity index (χ3n) is 2.71. The molecule has 0 atom stereocenters. The standard InChI is InChI=1S/C14H9BrN2OS2/c15-10-3-1-2-9(6-10)12(18)7-20-14-11-4-5-19-13(11)16-8-17-14/h1-6,8H,7H2. The minimum absolute atomic E-state index is 0.0956. The van der Waals surface area contributed by atoms with Crippen LogP contribution in [0.15, 0.2) is 51.5 Å². The molecule has 0 fully saturated rings. The van der Waals surface area contributed by atoms with Crippen LogP contribution in [-0.4, -0.2) is 21.5 Å². The number of ketones is 1. The molecule has 0 N–H and O–H groups in total. The Morgan fingerprint density at radius 3 is 3.05 bits per heavy atom. The van der Waals surface area contributed by atoms with Crippen LogP contribution in [-0.2, 0) is 0 Å². The van der Waals surface area contributed by atoms with Crippen molar-refractivity contribution >= 4 is 55.0 Å². The lowest BCUT2D eigenvalue weighted by Gasteiger charge is -2.02. The number of hydrogen-bond donors (Lipinski definition) is 0. The van der Waals surface area contributed by atoms with Crippen LogP contribution < -0.4 is 0 Å². The number of carbonyl (C=O) groups excluding carboxylic acids is 1. The second-order valence-electron chi connectivity index (χ2n) is 4.04. The maximum atomic E-state index is 12.2. The lowest BCUT2D eigenvalue weighted by atomic mass is 10.2. The van der Waals surface area contributed by atoms with Crippen LogP contribution in [0.25, 0.3) is 10.2 Å². The van der Waals surface area contributed by atoms with Crippen LogP contribution in [0, 0.1) is 0 Å². The van der Waals surface area contributed by atoms with E-state index in [-0.39, 0.29) is 5.78 Å². The molecule has 0 aliphatic carbocycles. The van der Waals surface area contributed by atoms with E-state index in [9.17, 15) is 4.79 Å². The van der Waals surface area contributed by atoms with Crippen molar-refractivity contribution in [3.63, 3.8) is 0 Å². The number of carbonyl (C=O) groups is 1. The van der Waals surface area contributed by atoms with E-state index in [0.717, 1.165) is 19.7 Å². The molecule has 100 valence electrons. The van der Waals surface area contributed by atoms with Gasteiger partial charge in [0.05, 0.1) is 5.75 Å². The zero-order valence-corrected chi connectivity index (χ0v) is 13.5. The first-order chi connectivity index (χ1) is 9.74. The van der Waals surface area contributed by atoms with E-state index < -0.39 is 0 Å². The summed E-state index contributed by atoms with van der Waals surface area (Å²) in [5.74, 6) is 0.469. The minimum Gasteiger partial charge on any atom is -0.293 e. The Balaban J connectivity index is 1.76. The van der Waals surface area contributed by atoms with Crippen molar-refractivity contribution in [2.24, 2.45) is 0 Å². The van der Waals surface area contributed by atoms with Crippen molar-refractivity contribution in [3.8, 4) is 0 Å². The Bertz CT molecular complexity index is 772. The van der Waals surface area contributed by atoms with E-state index in [1.54, 1.807) is 17.7 Å². The van der Waals surface area contributed by atoms with Crippen molar-refractivity contribution in [1.29, 1.82) is 0 Å². The molecule has 3 nitrogen and oxygen atoms in total. The fourth-order valence-electron chi connectivity index (χ4n) is 1.76. The van der Waals surface area contributed by atoms with Gasteiger partial charge in [-0.25, -0.2) is 9.97 Å². The molecule has 2 aromatic heterocycles. The van der Waals surface area contributed by atoms with E-state index in [1.165, 1.54) is 11.8 Å². The molecule has 0 unspecified atom stereocenters. The quantitative estimate of drug-likeness (QED) is 0.390. The summed E-state index contributed by atoms with van der Waals surface area (Å²) in [6.07, 6.45) is 1.55. The summed E-state index contributed by atoms with van der Waals surface area (Å²) in [7, 11) is 0. The SMILES string of the molecule is O=C(CSc1ncnc2sccc12)c1cccc(Br)c1. The number of hydrogen-bond acceptors (Lipinski definition) is 5. The van der Waals surface area contributed by atoms with Gasteiger partial charge in [0.1, 0.15) is 16.2 Å². The molecule has 20 heavy (non-hydrogen) atoms. The largest absolute Gasteiger partial charge is 0.293 e. The average Bonchev–Trinajstić information content (AvgIpc) is 2.93. The van der Waals surface area contributed by atoms with Gasteiger partial charge in [-0.15, -0.1) is 11.3 Å². The van der Waals surface area contributed by atoms with Crippen LogP contribution in [0.5, 0.6) is 0 Å². The molecule has 3 aromatic rings. The molecule has 1 aromatic carbocycles. The van der Waals surface area contributed by atoms with E-state index >= 15 is 0 Å². The van der Waals surface area contributed by atoms with Crippen molar-refractivity contribution in [1.82, 2.24) is 9.97 Å². The molecule has 0 bridgehead atoms. The first-order valence-electron chi connectivity index (χ1n) is 5.84. The summed E-state index contributed by atoms with van der Waals surface area (Å²) in [5.41, 5.74) is 0.711. The smallest absolute Gasteiger partial charge is 0.173 e. The molecule has 2 heterocycles. The fraction of sp³-hybridized carbons (Fsp3) is 0.0714. The van der Waals surface area contributed by atoms with E-state index in [0.29, 0.717) is 11.3 Å². The van der Waals surface area contributed by atoms with Gasteiger partial charge >= 0.3 is 0 Å². The van der Waals surface area contributed by atoms with Gasteiger partial charge in [-0.3, -0.25) is 4.79 Å². The van der Waals surface area contributed by atoms with Gasteiger partial charge in [0, 0.05) is 15.4 Å². The van der Waals surface area contributed by atoms with Crippen LogP contribution >= 0.6 is 39.0 Å². The number of thiophene rings is 1. The summed E-state index contributed by atoms with van der Waals surface area (Å²) >= 11 is 6.41. The molecule has 0 radical (unpaired) electrons. The topological polar surface area (TPSA) is 42.9 Å². The maximum absolute atomic E-state index is 12.2. The number of fused-ring (bicyclic) bond motifs is 1. The Morgan fingerprint density at radius 2 is 2.20 bits per heavy atom. The zero-order chi connectivity index (χ0) is 13.9. The molecule has 6 heteroatoms. The highest BCUT2D eigenvalue weighted by atomic mass is 79.9. The van der Waals surface area contributed by atoms with Crippen molar-refractivity contribution in [3.05, 3.63) is 52.1 Å². The number of Topliss-reactive ketones (excluding diaryl/α,β-unsaturated/α-hetero) is 1. The van der Waals surface area contributed by atoms with Gasteiger partial charge in [-0.2, -0.15) is 0 Å². The number of benzene rings is 1. The predicted octanol–water partition coefficient (Wildman–Crippen LogP) is 4.43. The maximum Gasteiger partial charge on any atom is 0.173 e. The summed E-state index contributed by atoms with van der Waals surface area (Å²) in [6, 6.07) is 9.43. The predicted molar refractivity (Wildman–Crippen MR) is 86.6 cm³/mol. The lowest BCUT2D eigenvalue weighted by molar-refractivity contribution is 0.102. The first kappa shape index (κ1) is 13.7. The summed E-state index contributed by atoms with van der Waals surface area (Å²) in [6.45, 7) is 0. The Hall–Kier alpha value is -1.24. The number of thioether (sulfide) groups is 1. The van der Waals surface area contributed by atoms with Gasteiger partial charge in [0.15, 0.2) is 5.78 Å². The van der Waals surface area contributed by atoms with Crippen LogP contribution in [0.3, 0.4) is 0 Å². The van der Waals surface area contributed by atoms with E-state index in [1.807, 2.05) is 35.7 Å². The summed E-state index contributed by atoms with van der Waals surface area (Å²) in [4.78, 5) is 21.6. The number of halogens is 1. The van der Waals surface area contributed by atoms with Gasteiger partial charge in [0.25, 0.3) is 0 Å². The third kappa shape index (κ3) is 2.92. The minimum atomic E-state index is 0.0956. The fourth-order valence-corrected chi connectivity index (χ4v) is 3.83. The molecular weight excluding hydrogens is 356 g/mol. The lowest BCUT2D eigenvalue weighted by Crippen LogP contribution is -2.02. The highest BCUT2D eigenvalue weighted by Gasteiger charge is 2.10. The molecule has 0 aliphatic rings. The van der Waals surface area contributed by atoms with Crippen LogP contribution in [0.1, 0.15) is 10.4 Å². The molecule has 0 saturated heterocycles. The highest BCUT2D eigenvalue weighted by molar-refractivity contribution is 9.10. The third-order valence-corrected chi connectivity index (χ3v) is 5.03. The molecule has 0 saturated carbocycles. The Kier molecular flexibility index (Phi) is 4.14. The Labute approximate surface area is 132 Å². The Morgan fingerprint density at radius 1 is 1.30 bits per heavy atom.